The second-order valence-electron chi connectivity index (χ2n) is 8.93. The zero-order valence-corrected chi connectivity index (χ0v) is 18.5. The van der Waals surface area contributed by atoms with Crippen molar-refractivity contribution in [3.8, 4) is 5.69 Å². The van der Waals surface area contributed by atoms with Crippen LogP contribution >= 0.6 is 11.6 Å². The molecular weight excluding hydrogens is 410 g/mol. The molecule has 0 atom stereocenters. The first-order chi connectivity index (χ1) is 15.1. The second kappa shape index (κ2) is 7.33. The van der Waals surface area contributed by atoms with Crippen molar-refractivity contribution in [1.82, 2.24) is 19.7 Å². The van der Waals surface area contributed by atoms with E-state index in [1.807, 2.05) is 6.07 Å². The predicted molar refractivity (Wildman–Crippen MR) is 121 cm³/mol. The molecule has 0 unspecified atom stereocenters. The molecule has 6 nitrogen and oxygen atoms in total. The summed E-state index contributed by atoms with van der Waals surface area (Å²) in [6.07, 6.45) is 2.92. The molecule has 0 aliphatic carbocycles. The predicted octanol–water partition coefficient (Wildman–Crippen LogP) is 3.93. The van der Waals surface area contributed by atoms with Crippen LogP contribution in [0.4, 0.5) is 5.95 Å². The average Bonchev–Trinajstić information content (AvgIpc) is 3.12. The molecule has 6 rings (SSSR count). The zero-order chi connectivity index (χ0) is 21.0. The third kappa shape index (κ3) is 3.16. The Balaban J connectivity index is 1.34. The number of benzene rings is 2. The van der Waals surface area contributed by atoms with Crippen LogP contribution in [0.2, 0.25) is 5.02 Å². The van der Waals surface area contributed by atoms with Crippen molar-refractivity contribution in [3.05, 3.63) is 70.0 Å². The normalized spacial score (nSPS) is 20.1. The molecule has 1 aromatic heterocycles. The highest BCUT2D eigenvalue weighted by molar-refractivity contribution is 6.30. The summed E-state index contributed by atoms with van der Waals surface area (Å²) in [5, 5.41) is 9.97. The number of hydrogen-bond acceptors (Lipinski definition) is 5. The van der Waals surface area contributed by atoms with Gasteiger partial charge in [-0.1, -0.05) is 35.9 Å². The van der Waals surface area contributed by atoms with E-state index in [9.17, 15) is 0 Å². The van der Waals surface area contributed by atoms with Crippen molar-refractivity contribution in [2.75, 3.05) is 31.6 Å². The number of aromatic nitrogens is 3. The van der Waals surface area contributed by atoms with Crippen molar-refractivity contribution in [3.63, 3.8) is 0 Å². The van der Waals surface area contributed by atoms with E-state index in [1.165, 1.54) is 16.7 Å². The molecule has 1 spiro atoms. The fourth-order valence-electron chi connectivity index (χ4n) is 5.45. The van der Waals surface area contributed by atoms with Crippen LogP contribution in [0.25, 0.3) is 5.69 Å². The molecule has 1 fully saturated rings. The van der Waals surface area contributed by atoms with Gasteiger partial charge in [-0.15, -0.1) is 10.2 Å². The Morgan fingerprint density at radius 2 is 1.84 bits per heavy atom. The Morgan fingerprint density at radius 1 is 1.00 bits per heavy atom. The molecule has 1 saturated heterocycles. The lowest BCUT2D eigenvalue weighted by molar-refractivity contribution is -0.0767. The van der Waals surface area contributed by atoms with Crippen LogP contribution in [0.3, 0.4) is 0 Å². The van der Waals surface area contributed by atoms with Crippen molar-refractivity contribution in [1.29, 1.82) is 0 Å². The van der Waals surface area contributed by atoms with Gasteiger partial charge < -0.3 is 9.64 Å². The van der Waals surface area contributed by atoms with Crippen LogP contribution in [-0.2, 0) is 29.8 Å². The molecule has 3 aromatic rings. The standard InChI is InChI=1S/C24H26ClN5O/c1-28-15-18-14-19(25)6-7-21(18)30-22(16-28)26-27-23(30)29-11-9-24(10-12-29)20-5-3-2-4-17(20)8-13-31-24/h2-7,14H,8-13,15-16H2,1H3. The number of halogens is 1. The summed E-state index contributed by atoms with van der Waals surface area (Å²) >= 11 is 6.31. The molecule has 7 heteroatoms. The molecule has 3 aliphatic heterocycles. The highest BCUT2D eigenvalue weighted by Gasteiger charge is 2.41. The number of nitrogens with zero attached hydrogens (tertiary/aromatic N) is 5. The molecule has 0 saturated carbocycles. The number of piperidine rings is 1. The Morgan fingerprint density at radius 3 is 2.71 bits per heavy atom. The van der Waals surface area contributed by atoms with E-state index < -0.39 is 0 Å². The lowest BCUT2D eigenvalue weighted by Crippen LogP contribution is -2.47. The van der Waals surface area contributed by atoms with Crippen LogP contribution in [0.15, 0.2) is 42.5 Å². The van der Waals surface area contributed by atoms with Crippen molar-refractivity contribution < 1.29 is 4.74 Å². The highest BCUT2D eigenvalue weighted by Crippen LogP contribution is 2.42. The summed E-state index contributed by atoms with van der Waals surface area (Å²) in [6.45, 7) is 4.19. The van der Waals surface area contributed by atoms with Gasteiger partial charge in [0.15, 0.2) is 5.82 Å². The van der Waals surface area contributed by atoms with Gasteiger partial charge in [0.25, 0.3) is 0 Å². The Hall–Kier alpha value is -2.41. The molecule has 160 valence electrons. The van der Waals surface area contributed by atoms with E-state index >= 15 is 0 Å². The number of rotatable bonds is 1. The maximum Gasteiger partial charge on any atom is 0.231 e. The van der Waals surface area contributed by atoms with Gasteiger partial charge in [0.05, 0.1) is 24.4 Å². The lowest BCUT2D eigenvalue weighted by Gasteiger charge is -2.45. The van der Waals surface area contributed by atoms with Gasteiger partial charge in [0.2, 0.25) is 5.95 Å². The van der Waals surface area contributed by atoms with E-state index in [0.717, 1.165) is 74.5 Å². The molecule has 31 heavy (non-hydrogen) atoms. The Kier molecular flexibility index (Phi) is 4.56. The summed E-state index contributed by atoms with van der Waals surface area (Å²) in [7, 11) is 2.11. The van der Waals surface area contributed by atoms with E-state index in [4.69, 9.17) is 16.3 Å². The molecule has 0 amide bonds. The Labute approximate surface area is 187 Å². The Bertz CT molecular complexity index is 1130. The smallest absolute Gasteiger partial charge is 0.231 e. The van der Waals surface area contributed by atoms with Crippen LogP contribution in [0.5, 0.6) is 0 Å². The lowest BCUT2D eigenvalue weighted by atomic mass is 9.79. The number of fused-ring (bicyclic) bond motifs is 5. The quantitative estimate of drug-likeness (QED) is 0.579. The monoisotopic (exact) mass is 435 g/mol. The first-order valence-electron chi connectivity index (χ1n) is 11.0. The van der Waals surface area contributed by atoms with Crippen LogP contribution in [0, 0.1) is 0 Å². The zero-order valence-electron chi connectivity index (χ0n) is 17.7. The minimum atomic E-state index is -0.168. The van der Waals surface area contributed by atoms with Crippen LogP contribution in [-0.4, -0.2) is 46.4 Å². The fraction of sp³-hybridized carbons (Fsp3) is 0.417. The van der Waals surface area contributed by atoms with Gasteiger partial charge in [0.1, 0.15) is 0 Å². The number of ether oxygens (including phenoxy) is 1. The van der Waals surface area contributed by atoms with Crippen LogP contribution in [0.1, 0.15) is 35.4 Å². The number of anilines is 1. The summed E-state index contributed by atoms with van der Waals surface area (Å²) in [5.41, 5.74) is 4.98. The summed E-state index contributed by atoms with van der Waals surface area (Å²) in [5.74, 6) is 1.89. The molecule has 0 radical (unpaired) electrons. The SMILES string of the molecule is CN1Cc2cc(Cl)ccc2-n2c(nnc2N2CCC3(CC2)OCCc2ccccc23)C1. The molecule has 3 aliphatic rings. The van der Waals surface area contributed by atoms with E-state index in [1.54, 1.807) is 0 Å². The largest absolute Gasteiger partial charge is 0.370 e. The van der Waals surface area contributed by atoms with Gasteiger partial charge in [-0.05, 0) is 61.2 Å². The summed E-state index contributed by atoms with van der Waals surface area (Å²) in [6, 6.07) is 14.9. The maximum atomic E-state index is 6.42. The molecular formula is C24H26ClN5O. The van der Waals surface area contributed by atoms with E-state index in [0.29, 0.717) is 0 Å². The third-order valence-electron chi connectivity index (χ3n) is 6.96. The van der Waals surface area contributed by atoms with Gasteiger partial charge in [-0.2, -0.15) is 0 Å². The highest BCUT2D eigenvalue weighted by atomic mass is 35.5. The van der Waals surface area contributed by atoms with Crippen molar-refractivity contribution in [2.45, 2.75) is 38.0 Å². The first-order valence-corrected chi connectivity index (χ1v) is 11.4. The van der Waals surface area contributed by atoms with Crippen molar-refractivity contribution in [2.24, 2.45) is 0 Å². The molecule has 0 bridgehead atoms. The second-order valence-corrected chi connectivity index (χ2v) is 9.37. The van der Waals surface area contributed by atoms with Crippen molar-refractivity contribution >= 4 is 17.5 Å². The third-order valence-corrected chi connectivity index (χ3v) is 7.19. The first kappa shape index (κ1) is 19.3. The maximum absolute atomic E-state index is 6.42. The van der Waals surface area contributed by atoms with Gasteiger partial charge in [-0.3, -0.25) is 9.47 Å². The minimum absolute atomic E-state index is 0.168. The van der Waals surface area contributed by atoms with Gasteiger partial charge >= 0.3 is 0 Å². The van der Waals surface area contributed by atoms with E-state index in [-0.39, 0.29) is 5.60 Å². The summed E-state index contributed by atoms with van der Waals surface area (Å²) < 4.78 is 8.65. The van der Waals surface area contributed by atoms with Gasteiger partial charge in [0, 0.05) is 24.7 Å². The molecule has 0 N–H and O–H groups in total. The summed E-state index contributed by atoms with van der Waals surface area (Å²) in [4.78, 5) is 4.62. The average molecular weight is 436 g/mol. The van der Waals surface area contributed by atoms with E-state index in [2.05, 4.69) is 68.0 Å². The molecule has 2 aromatic carbocycles. The van der Waals surface area contributed by atoms with Gasteiger partial charge in [-0.25, -0.2) is 0 Å². The number of hydrogen-bond donors (Lipinski definition) is 0. The minimum Gasteiger partial charge on any atom is -0.370 e. The fourth-order valence-corrected chi connectivity index (χ4v) is 5.64. The topological polar surface area (TPSA) is 46.4 Å². The molecule has 4 heterocycles. The van der Waals surface area contributed by atoms with Crippen LogP contribution < -0.4 is 4.90 Å².